The van der Waals surface area contributed by atoms with Crippen molar-refractivity contribution in [3.63, 3.8) is 0 Å². The Morgan fingerprint density at radius 2 is 1.22 bits per heavy atom. The molecule has 1 heteroatoms. The summed E-state index contributed by atoms with van der Waals surface area (Å²) in [7, 11) is 0. The molecule has 0 bridgehead atoms. The fraction of sp³-hybridized carbons (Fsp3) is 0.0909. The number of benzene rings is 3. The van der Waals surface area contributed by atoms with Crippen molar-refractivity contribution in [2.75, 3.05) is 0 Å². The van der Waals surface area contributed by atoms with E-state index in [0.29, 0.717) is 0 Å². The molecule has 0 saturated heterocycles. The summed E-state index contributed by atoms with van der Waals surface area (Å²) >= 11 is 0. The number of aromatic nitrogens is 1. The zero-order chi connectivity index (χ0) is 15.8. The van der Waals surface area contributed by atoms with E-state index in [1.165, 1.54) is 44.4 Å². The molecule has 0 atom stereocenters. The number of hydrogen-bond acceptors (Lipinski definition) is 0. The van der Waals surface area contributed by atoms with Gasteiger partial charge in [-0.15, -0.1) is 0 Å². The van der Waals surface area contributed by atoms with Gasteiger partial charge in [-0.3, -0.25) is 0 Å². The molecule has 1 N–H and O–H groups in total. The Morgan fingerprint density at radius 3 is 1.87 bits per heavy atom. The molecule has 0 aliphatic rings. The third-order valence-corrected chi connectivity index (χ3v) is 4.54. The minimum Gasteiger partial charge on any atom is -0.354 e. The van der Waals surface area contributed by atoms with Gasteiger partial charge in [-0.1, -0.05) is 60.7 Å². The largest absolute Gasteiger partial charge is 0.354 e. The van der Waals surface area contributed by atoms with Crippen molar-refractivity contribution in [2.24, 2.45) is 0 Å². The van der Waals surface area contributed by atoms with E-state index < -0.39 is 0 Å². The van der Waals surface area contributed by atoms with Crippen molar-refractivity contribution < 1.29 is 0 Å². The Bertz CT molecular complexity index is 963. The molecular weight excluding hydrogens is 278 g/mol. The van der Waals surface area contributed by atoms with Crippen LogP contribution in [-0.4, -0.2) is 4.98 Å². The number of aryl methyl sites for hydroxylation is 2. The third kappa shape index (κ3) is 2.35. The molecule has 4 rings (SSSR count). The molecule has 0 fully saturated rings. The Hall–Kier alpha value is -2.80. The first-order valence-electron chi connectivity index (χ1n) is 7.98. The molecule has 0 amide bonds. The second-order valence-corrected chi connectivity index (χ2v) is 6.09. The summed E-state index contributed by atoms with van der Waals surface area (Å²) < 4.78 is 0. The SMILES string of the molecule is Cc1cc2[nH]c(-c3ccccc3)c(-c3ccccc3)c2cc1C. The van der Waals surface area contributed by atoms with Crippen LogP contribution in [0.15, 0.2) is 72.8 Å². The standard InChI is InChI=1S/C22H19N/c1-15-13-19-20(14-16(15)2)23-22(18-11-7-4-8-12-18)21(19)17-9-5-3-6-10-17/h3-14,23H,1-2H3. The quantitative estimate of drug-likeness (QED) is 0.459. The van der Waals surface area contributed by atoms with Crippen LogP contribution in [0, 0.1) is 13.8 Å². The lowest BCUT2D eigenvalue weighted by atomic mass is 9.97. The van der Waals surface area contributed by atoms with Crippen LogP contribution in [0.3, 0.4) is 0 Å². The third-order valence-electron chi connectivity index (χ3n) is 4.54. The first kappa shape index (κ1) is 13.8. The maximum Gasteiger partial charge on any atom is 0.0544 e. The molecule has 0 aliphatic carbocycles. The maximum absolute atomic E-state index is 3.65. The average Bonchev–Trinajstić information content (AvgIpc) is 2.95. The van der Waals surface area contributed by atoms with Crippen LogP contribution in [0.25, 0.3) is 33.3 Å². The van der Waals surface area contributed by atoms with Crippen molar-refractivity contribution in [3.05, 3.63) is 83.9 Å². The number of aromatic amines is 1. The lowest BCUT2D eigenvalue weighted by molar-refractivity contribution is 1.35. The molecule has 0 saturated carbocycles. The van der Waals surface area contributed by atoms with Crippen LogP contribution in [-0.2, 0) is 0 Å². The number of hydrogen-bond donors (Lipinski definition) is 1. The monoisotopic (exact) mass is 297 g/mol. The van der Waals surface area contributed by atoms with E-state index >= 15 is 0 Å². The highest BCUT2D eigenvalue weighted by molar-refractivity contribution is 6.04. The Morgan fingerprint density at radius 1 is 0.652 bits per heavy atom. The number of nitrogens with one attached hydrogen (secondary N) is 1. The van der Waals surface area contributed by atoms with Crippen LogP contribution >= 0.6 is 0 Å². The van der Waals surface area contributed by atoms with Gasteiger partial charge in [-0.25, -0.2) is 0 Å². The summed E-state index contributed by atoms with van der Waals surface area (Å²) in [6.07, 6.45) is 0. The first-order valence-corrected chi connectivity index (χ1v) is 7.98. The number of H-pyrrole nitrogens is 1. The molecule has 112 valence electrons. The van der Waals surface area contributed by atoms with Crippen LogP contribution in [0.2, 0.25) is 0 Å². The molecule has 0 radical (unpaired) electrons. The van der Waals surface area contributed by atoms with Crippen LogP contribution in [0.5, 0.6) is 0 Å². The Labute approximate surface area is 136 Å². The maximum atomic E-state index is 3.65. The van der Waals surface area contributed by atoms with Crippen molar-refractivity contribution in [2.45, 2.75) is 13.8 Å². The lowest BCUT2D eigenvalue weighted by Crippen LogP contribution is -1.83. The molecule has 0 aliphatic heterocycles. The molecule has 1 aromatic heterocycles. The summed E-state index contributed by atoms with van der Waals surface area (Å²) in [5.74, 6) is 0. The fourth-order valence-corrected chi connectivity index (χ4v) is 3.18. The van der Waals surface area contributed by atoms with E-state index in [0.717, 1.165) is 0 Å². The molecule has 0 spiro atoms. The zero-order valence-electron chi connectivity index (χ0n) is 13.4. The molecule has 0 unspecified atom stereocenters. The van der Waals surface area contributed by atoms with Gasteiger partial charge < -0.3 is 4.98 Å². The number of fused-ring (bicyclic) bond motifs is 1. The molecule has 23 heavy (non-hydrogen) atoms. The van der Waals surface area contributed by atoms with Crippen molar-refractivity contribution in [1.29, 1.82) is 0 Å². The van der Waals surface area contributed by atoms with Gasteiger partial charge in [0, 0.05) is 16.5 Å². The molecule has 1 heterocycles. The highest BCUT2D eigenvalue weighted by Gasteiger charge is 2.15. The zero-order valence-corrected chi connectivity index (χ0v) is 13.4. The van der Waals surface area contributed by atoms with Gasteiger partial charge in [0.2, 0.25) is 0 Å². The first-order chi connectivity index (χ1) is 11.2. The Kier molecular flexibility index (Phi) is 3.27. The molecule has 3 aromatic carbocycles. The predicted molar refractivity (Wildman–Crippen MR) is 98.6 cm³/mol. The van der Waals surface area contributed by atoms with Crippen LogP contribution < -0.4 is 0 Å². The van der Waals surface area contributed by atoms with E-state index in [-0.39, 0.29) is 0 Å². The van der Waals surface area contributed by atoms with Crippen molar-refractivity contribution in [3.8, 4) is 22.4 Å². The topological polar surface area (TPSA) is 15.8 Å². The van der Waals surface area contributed by atoms with Gasteiger partial charge in [-0.05, 0) is 48.2 Å². The molecule has 4 aromatic rings. The summed E-state index contributed by atoms with van der Waals surface area (Å²) in [5, 5.41) is 1.29. The van der Waals surface area contributed by atoms with E-state index in [4.69, 9.17) is 0 Å². The van der Waals surface area contributed by atoms with Crippen LogP contribution in [0.1, 0.15) is 11.1 Å². The summed E-state index contributed by atoms with van der Waals surface area (Å²) in [5.41, 5.74) is 8.79. The van der Waals surface area contributed by atoms with Crippen molar-refractivity contribution >= 4 is 10.9 Å². The number of rotatable bonds is 2. The molecule has 1 nitrogen and oxygen atoms in total. The average molecular weight is 297 g/mol. The second-order valence-electron chi connectivity index (χ2n) is 6.09. The highest BCUT2D eigenvalue weighted by atomic mass is 14.7. The van der Waals surface area contributed by atoms with Gasteiger partial charge in [0.1, 0.15) is 0 Å². The fourth-order valence-electron chi connectivity index (χ4n) is 3.18. The van der Waals surface area contributed by atoms with Crippen molar-refractivity contribution in [1.82, 2.24) is 4.98 Å². The highest BCUT2D eigenvalue weighted by Crippen LogP contribution is 2.39. The summed E-state index contributed by atoms with van der Waals surface area (Å²) in [6, 6.07) is 25.8. The van der Waals surface area contributed by atoms with Gasteiger partial charge >= 0.3 is 0 Å². The van der Waals surface area contributed by atoms with E-state index in [1.54, 1.807) is 0 Å². The second kappa shape index (κ2) is 5.44. The van der Waals surface area contributed by atoms with Gasteiger partial charge in [0.15, 0.2) is 0 Å². The molecular formula is C22H19N. The van der Waals surface area contributed by atoms with E-state index in [9.17, 15) is 0 Å². The van der Waals surface area contributed by atoms with Gasteiger partial charge in [0.25, 0.3) is 0 Å². The predicted octanol–water partition coefficient (Wildman–Crippen LogP) is 6.12. The van der Waals surface area contributed by atoms with E-state index in [2.05, 4.69) is 91.6 Å². The minimum atomic E-state index is 1.19. The smallest absolute Gasteiger partial charge is 0.0544 e. The summed E-state index contributed by atoms with van der Waals surface area (Å²) in [6.45, 7) is 4.35. The Balaban J connectivity index is 2.09. The van der Waals surface area contributed by atoms with Gasteiger partial charge in [-0.2, -0.15) is 0 Å². The van der Waals surface area contributed by atoms with E-state index in [1.807, 2.05) is 0 Å². The minimum absolute atomic E-state index is 1.19. The van der Waals surface area contributed by atoms with Crippen LogP contribution in [0.4, 0.5) is 0 Å². The lowest BCUT2D eigenvalue weighted by Gasteiger charge is -2.06. The van der Waals surface area contributed by atoms with Gasteiger partial charge in [0.05, 0.1) is 5.69 Å². The normalized spacial score (nSPS) is 11.0. The summed E-state index contributed by atoms with van der Waals surface area (Å²) in [4.78, 5) is 3.65.